The molecule has 154 valence electrons. The monoisotopic (exact) mass is 412 g/mol. The number of carbonyl (C=O) groups is 1. The quantitative estimate of drug-likeness (QED) is 0.749. The Kier molecular flexibility index (Phi) is 6.87. The normalized spacial score (nSPS) is 19.0. The lowest BCUT2D eigenvalue weighted by molar-refractivity contribution is -0.118. The Hall–Kier alpha value is -2.44. The molecule has 1 heterocycles. The van der Waals surface area contributed by atoms with Gasteiger partial charge in [-0.25, -0.2) is 0 Å². The Morgan fingerprint density at radius 2 is 1.69 bits per heavy atom. The van der Waals surface area contributed by atoms with Gasteiger partial charge in [0.1, 0.15) is 10.7 Å². The third-order valence-electron chi connectivity index (χ3n) is 4.92. The molecule has 0 aromatic heterocycles. The van der Waals surface area contributed by atoms with Gasteiger partial charge >= 0.3 is 0 Å². The van der Waals surface area contributed by atoms with E-state index in [2.05, 4.69) is 24.1 Å². The average molecular weight is 413 g/mol. The zero-order valence-electron chi connectivity index (χ0n) is 17.4. The highest BCUT2D eigenvalue weighted by Gasteiger charge is 2.24. The number of hydrogen-bond donors (Lipinski definition) is 1. The van der Waals surface area contributed by atoms with Gasteiger partial charge in [0, 0.05) is 24.3 Å². The number of morpholine rings is 1. The van der Waals surface area contributed by atoms with Crippen molar-refractivity contribution in [2.75, 3.05) is 25.0 Å². The minimum Gasteiger partial charge on any atom is -0.484 e. The van der Waals surface area contributed by atoms with Crippen LogP contribution < -0.4 is 10.1 Å². The first-order valence-corrected chi connectivity index (χ1v) is 10.3. The molecule has 1 aliphatic rings. The lowest BCUT2D eigenvalue weighted by Gasteiger charge is -2.37. The SMILES string of the molecule is Cc1cccc(C)c1NC(=O)COc1ccc(C(=S)N2C[C@@H](C)O[C@H](C)C2)cc1. The van der Waals surface area contributed by atoms with Gasteiger partial charge in [-0.15, -0.1) is 0 Å². The number of hydrogen-bond acceptors (Lipinski definition) is 4. The largest absolute Gasteiger partial charge is 0.484 e. The van der Waals surface area contributed by atoms with Gasteiger partial charge in [-0.2, -0.15) is 0 Å². The summed E-state index contributed by atoms with van der Waals surface area (Å²) in [6.07, 6.45) is 0.324. The highest BCUT2D eigenvalue weighted by Crippen LogP contribution is 2.20. The van der Waals surface area contributed by atoms with Crippen LogP contribution in [-0.2, 0) is 9.53 Å². The number of aryl methyl sites for hydroxylation is 2. The maximum atomic E-state index is 12.3. The highest BCUT2D eigenvalue weighted by molar-refractivity contribution is 7.80. The molecule has 0 unspecified atom stereocenters. The molecular formula is C23H28N2O3S. The van der Waals surface area contributed by atoms with Crippen LogP contribution >= 0.6 is 12.2 Å². The van der Waals surface area contributed by atoms with Crippen molar-refractivity contribution in [3.05, 3.63) is 59.2 Å². The molecule has 1 fully saturated rings. The molecule has 1 amide bonds. The summed E-state index contributed by atoms with van der Waals surface area (Å²) < 4.78 is 11.4. The van der Waals surface area contributed by atoms with Crippen molar-refractivity contribution in [3.8, 4) is 5.75 Å². The molecule has 1 N–H and O–H groups in total. The van der Waals surface area contributed by atoms with Gasteiger partial charge in [-0.3, -0.25) is 4.79 Å². The summed E-state index contributed by atoms with van der Waals surface area (Å²) in [5.74, 6) is 0.454. The van der Waals surface area contributed by atoms with E-state index in [0.717, 1.165) is 40.5 Å². The third kappa shape index (κ3) is 5.55. The molecule has 29 heavy (non-hydrogen) atoms. The van der Waals surface area contributed by atoms with Crippen LogP contribution in [0.2, 0.25) is 0 Å². The minimum absolute atomic E-state index is 0.0456. The van der Waals surface area contributed by atoms with E-state index in [1.807, 2.05) is 56.3 Å². The molecule has 2 aromatic rings. The van der Waals surface area contributed by atoms with E-state index >= 15 is 0 Å². The number of carbonyl (C=O) groups excluding carboxylic acids is 1. The van der Waals surface area contributed by atoms with Crippen molar-refractivity contribution in [2.24, 2.45) is 0 Å². The van der Waals surface area contributed by atoms with Crippen molar-refractivity contribution >= 4 is 28.8 Å². The molecule has 5 nitrogen and oxygen atoms in total. The van der Waals surface area contributed by atoms with E-state index in [1.165, 1.54) is 0 Å². The predicted octanol–water partition coefficient (Wildman–Crippen LogP) is 4.11. The molecular weight excluding hydrogens is 384 g/mol. The lowest BCUT2D eigenvalue weighted by Crippen LogP contribution is -2.47. The number of nitrogens with one attached hydrogen (secondary N) is 1. The van der Waals surface area contributed by atoms with Gasteiger partial charge in [0.25, 0.3) is 5.91 Å². The van der Waals surface area contributed by atoms with Crippen LogP contribution in [0, 0.1) is 13.8 Å². The molecule has 3 rings (SSSR count). The van der Waals surface area contributed by atoms with Crippen LogP contribution in [0.25, 0.3) is 0 Å². The first-order chi connectivity index (χ1) is 13.8. The van der Waals surface area contributed by atoms with E-state index in [-0.39, 0.29) is 24.7 Å². The zero-order chi connectivity index (χ0) is 21.0. The Morgan fingerprint density at radius 1 is 1.10 bits per heavy atom. The second kappa shape index (κ2) is 9.37. The van der Waals surface area contributed by atoms with E-state index < -0.39 is 0 Å². The molecule has 1 aliphatic heterocycles. The van der Waals surface area contributed by atoms with Gasteiger partial charge in [0.2, 0.25) is 0 Å². The standard InChI is InChI=1S/C23H28N2O3S/c1-15-6-5-7-16(2)22(15)24-21(26)14-27-20-10-8-19(9-11-20)23(29)25-12-17(3)28-18(4)13-25/h5-11,17-18H,12-14H2,1-4H3,(H,24,26)/t17-,18-/m1/s1. The molecule has 2 aromatic carbocycles. The van der Waals surface area contributed by atoms with Crippen LogP contribution in [0.1, 0.15) is 30.5 Å². The topological polar surface area (TPSA) is 50.8 Å². The fraction of sp³-hybridized carbons (Fsp3) is 0.391. The van der Waals surface area contributed by atoms with Crippen molar-refractivity contribution < 1.29 is 14.3 Å². The van der Waals surface area contributed by atoms with Crippen LogP contribution in [-0.4, -0.2) is 47.7 Å². The summed E-state index contributed by atoms with van der Waals surface area (Å²) in [5.41, 5.74) is 3.87. The second-order valence-corrected chi connectivity index (χ2v) is 7.98. The minimum atomic E-state index is -0.182. The number of para-hydroxylation sites is 1. The maximum absolute atomic E-state index is 12.3. The van der Waals surface area contributed by atoms with Crippen molar-refractivity contribution in [2.45, 2.75) is 39.9 Å². The van der Waals surface area contributed by atoms with Gasteiger partial charge in [-0.1, -0.05) is 30.4 Å². The zero-order valence-corrected chi connectivity index (χ0v) is 18.2. The number of benzene rings is 2. The number of thiocarbonyl (C=S) groups is 1. The van der Waals surface area contributed by atoms with E-state index in [1.54, 1.807) is 0 Å². The first kappa shape index (κ1) is 21.3. The van der Waals surface area contributed by atoms with Crippen LogP contribution in [0.15, 0.2) is 42.5 Å². The lowest BCUT2D eigenvalue weighted by atomic mass is 10.1. The molecule has 1 saturated heterocycles. The Labute approximate surface area is 178 Å². The summed E-state index contributed by atoms with van der Waals surface area (Å²) in [4.78, 5) is 15.3. The average Bonchev–Trinajstić information content (AvgIpc) is 2.68. The Bertz CT molecular complexity index is 852. The Morgan fingerprint density at radius 3 is 2.28 bits per heavy atom. The van der Waals surface area contributed by atoms with Crippen LogP contribution in [0.5, 0.6) is 5.75 Å². The predicted molar refractivity (Wildman–Crippen MR) is 120 cm³/mol. The van der Waals surface area contributed by atoms with Gasteiger partial charge < -0.3 is 19.7 Å². The Balaban J connectivity index is 1.55. The maximum Gasteiger partial charge on any atom is 0.262 e. The number of amides is 1. The summed E-state index contributed by atoms with van der Waals surface area (Å²) in [7, 11) is 0. The summed E-state index contributed by atoms with van der Waals surface area (Å²) in [6, 6.07) is 13.5. The van der Waals surface area contributed by atoms with Crippen LogP contribution in [0.4, 0.5) is 5.69 Å². The van der Waals surface area contributed by atoms with Crippen molar-refractivity contribution in [1.82, 2.24) is 4.90 Å². The molecule has 0 bridgehead atoms. The van der Waals surface area contributed by atoms with Gasteiger partial charge in [-0.05, 0) is 63.1 Å². The number of anilines is 1. The molecule has 6 heteroatoms. The number of nitrogens with zero attached hydrogens (tertiary/aromatic N) is 1. The molecule has 2 atom stereocenters. The van der Waals surface area contributed by atoms with Crippen molar-refractivity contribution in [1.29, 1.82) is 0 Å². The van der Waals surface area contributed by atoms with Gasteiger partial charge in [0.05, 0.1) is 12.2 Å². The molecule has 0 aliphatic carbocycles. The van der Waals surface area contributed by atoms with E-state index in [4.69, 9.17) is 21.7 Å². The fourth-order valence-corrected chi connectivity index (χ4v) is 3.84. The van der Waals surface area contributed by atoms with Gasteiger partial charge in [0.15, 0.2) is 6.61 Å². The summed E-state index contributed by atoms with van der Waals surface area (Å²) in [5, 5.41) is 2.93. The number of ether oxygens (including phenoxy) is 2. The highest BCUT2D eigenvalue weighted by atomic mass is 32.1. The van der Waals surface area contributed by atoms with E-state index in [9.17, 15) is 4.79 Å². The molecule has 0 saturated carbocycles. The fourth-order valence-electron chi connectivity index (χ4n) is 3.56. The van der Waals surface area contributed by atoms with E-state index in [0.29, 0.717) is 5.75 Å². The first-order valence-electron chi connectivity index (χ1n) is 9.87. The number of rotatable bonds is 5. The van der Waals surface area contributed by atoms with Crippen molar-refractivity contribution in [3.63, 3.8) is 0 Å². The molecule has 0 spiro atoms. The van der Waals surface area contributed by atoms with Crippen LogP contribution in [0.3, 0.4) is 0 Å². The molecule has 0 radical (unpaired) electrons. The third-order valence-corrected chi connectivity index (χ3v) is 5.42. The second-order valence-electron chi connectivity index (χ2n) is 7.60. The summed E-state index contributed by atoms with van der Waals surface area (Å²) in [6.45, 7) is 9.61. The smallest absolute Gasteiger partial charge is 0.262 e. The summed E-state index contributed by atoms with van der Waals surface area (Å²) >= 11 is 5.66.